The first kappa shape index (κ1) is 13.1. The van der Waals surface area contributed by atoms with Crippen molar-refractivity contribution in [2.45, 2.75) is 25.6 Å². The zero-order chi connectivity index (χ0) is 13.2. The average Bonchev–Trinajstić information content (AvgIpc) is 2.81. The zero-order valence-electron chi connectivity index (χ0n) is 10.00. The number of rotatable bonds is 3. The molecule has 2 unspecified atom stereocenters. The molecule has 1 aliphatic heterocycles. The molecule has 0 amide bonds. The molecule has 3 nitrogen and oxygen atoms in total. The van der Waals surface area contributed by atoms with E-state index in [2.05, 4.69) is 10.3 Å². The quantitative estimate of drug-likeness (QED) is 0.907. The van der Waals surface area contributed by atoms with E-state index in [1.165, 1.54) is 12.3 Å². The highest BCUT2D eigenvalue weighted by Gasteiger charge is 2.35. The minimum absolute atomic E-state index is 0.0940. The Kier molecular flexibility index (Phi) is 3.75. The van der Waals surface area contributed by atoms with Crippen LogP contribution < -0.4 is 5.32 Å². The molecule has 1 aliphatic rings. The van der Waals surface area contributed by atoms with Crippen molar-refractivity contribution in [3.63, 3.8) is 0 Å². The van der Waals surface area contributed by atoms with Crippen LogP contribution in [0.4, 0.5) is 19.0 Å². The highest BCUT2D eigenvalue weighted by atomic mass is 19.4. The summed E-state index contributed by atoms with van der Waals surface area (Å²) in [6.07, 6.45) is -2.17. The van der Waals surface area contributed by atoms with Crippen LogP contribution in [-0.2, 0) is 10.9 Å². The van der Waals surface area contributed by atoms with E-state index in [1.807, 2.05) is 6.92 Å². The highest BCUT2D eigenvalue weighted by Crippen LogP contribution is 2.34. The van der Waals surface area contributed by atoms with E-state index in [-0.39, 0.29) is 17.8 Å². The predicted octanol–water partition coefficient (Wildman–Crippen LogP) is 2.94. The lowest BCUT2D eigenvalue weighted by molar-refractivity contribution is -0.137. The molecule has 0 saturated carbocycles. The summed E-state index contributed by atoms with van der Waals surface area (Å²) in [6.45, 7) is 3.11. The fourth-order valence-corrected chi connectivity index (χ4v) is 2.03. The van der Waals surface area contributed by atoms with Gasteiger partial charge in [-0.1, -0.05) is 0 Å². The third kappa shape index (κ3) is 2.93. The standard InChI is InChI=1S/C12H15F3N2O/c1-8(9-4-6-18-7-9)17-11-10(12(13,14)15)3-2-5-16-11/h2-3,5,8-9H,4,6-7H2,1H3,(H,16,17). The summed E-state index contributed by atoms with van der Waals surface area (Å²) in [5, 5.41) is 2.85. The van der Waals surface area contributed by atoms with Gasteiger partial charge in [0.2, 0.25) is 0 Å². The summed E-state index contributed by atoms with van der Waals surface area (Å²) < 4.78 is 43.5. The lowest BCUT2D eigenvalue weighted by atomic mass is 10.0. The molecule has 18 heavy (non-hydrogen) atoms. The second kappa shape index (κ2) is 5.14. The van der Waals surface area contributed by atoms with Crippen LogP contribution in [0.3, 0.4) is 0 Å². The van der Waals surface area contributed by atoms with Crippen molar-refractivity contribution in [3.05, 3.63) is 23.9 Å². The summed E-state index contributed by atoms with van der Waals surface area (Å²) >= 11 is 0. The number of ether oxygens (including phenoxy) is 1. The molecule has 2 heterocycles. The third-order valence-corrected chi connectivity index (χ3v) is 3.15. The molecule has 1 aromatic rings. The summed E-state index contributed by atoms with van der Waals surface area (Å²) in [6, 6.07) is 2.23. The molecule has 1 aromatic heterocycles. The van der Waals surface area contributed by atoms with Crippen LogP contribution in [0.5, 0.6) is 0 Å². The van der Waals surface area contributed by atoms with Gasteiger partial charge in [0.1, 0.15) is 5.82 Å². The molecule has 0 radical (unpaired) electrons. The Morgan fingerprint density at radius 1 is 1.50 bits per heavy atom. The number of anilines is 1. The molecule has 100 valence electrons. The van der Waals surface area contributed by atoms with Crippen molar-refractivity contribution in [3.8, 4) is 0 Å². The van der Waals surface area contributed by atoms with Crippen molar-refractivity contribution < 1.29 is 17.9 Å². The molecule has 0 aromatic carbocycles. The van der Waals surface area contributed by atoms with Gasteiger partial charge >= 0.3 is 6.18 Å². The first-order valence-corrected chi connectivity index (χ1v) is 5.85. The molecule has 6 heteroatoms. The summed E-state index contributed by atoms with van der Waals surface area (Å²) in [5.74, 6) is 0.123. The van der Waals surface area contributed by atoms with Gasteiger partial charge in [0, 0.05) is 24.8 Å². The van der Waals surface area contributed by atoms with Gasteiger partial charge in [0.25, 0.3) is 0 Å². The van der Waals surface area contributed by atoms with E-state index in [1.54, 1.807) is 0 Å². The predicted molar refractivity (Wildman–Crippen MR) is 61.2 cm³/mol. The van der Waals surface area contributed by atoms with Gasteiger partial charge < -0.3 is 10.1 Å². The summed E-state index contributed by atoms with van der Waals surface area (Å²) in [5.41, 5.74) is -0.726. The topological polar surface area (TPSA) is 34.2 Å². The molecule has 1 N–H and O–H groups in total. The number of halogens is 3. The van der Waals surface area contributed by atoms with E-state index in [0.29, 0.717) is 13.2 Å². The molecule has 0 aliphatic carbocycles. The van der Waals surface area contributed by atoms with E-state index in [9.17, 15) is 13.2 Å². The van der Waals surface area contributed by atoms with Gasteiger partial charge in [-0.15, -0.1) is 0 Å². The second-order valence-corrected chi connectivity index (χ2v) is 4.45. The van der Waals surface area contributed by atoms with Crippen molar-refractivity contribution >= 4 is 5.82 Å². The van der Waals surface area contributed by atoms with E-state index >= 15 is 0 Å². The van der Waals surface area contributed by atoms with Gasteiger partial charge in [0.15, 0.2) is 0 Å². The minimum Gasteiger partial charge on any atom is -0.381 e. The number of hydrogen-bond donors (Lipinski definition) is 1. The van der Waals surface area contributed by atoms with Crippen molar-refractivity contribution in [1.82, 2.24) is 4.98 Å². The molecule has 2 rings (SSSR count). The molecule has 0 bridgehead atoms. The van der Waals surface area contributed by atoms with Crippen LogP contribution in [0.1, 0.15) is 18.9 Å². The maximum Gasteiger partial charge on any atom is 0.419 e. The number of alkyl halides is 3. The third-order valence-electron chi connectivity index (χ3n) is 3.15. The first-order valence-electron chi connectivity index (χ1n) is 5.85. The lowest BCUT2D eigenvalue weighted by Gasteiger charge is -2.22. The highest BCUT2D eigenvalue weighted by molar-refractivity contribution is 5.46. The number of nitrogens with one attached hydrogen (secondary N) is 1. The van der Waals surface area contributed by atoms with Gasteiger partial charge in [-0.25, -0.2) is 4.98 Å². The molecular formula is C12H15F3N2O. The fraction of sp³-hybridized carbons (Fsp3) is 0.583. The van der Waals surface area contributed by atoms with Gasteiger partial charge in [-0.3, -0.25) is 0 Å². The monoisotopic (exact) mass is 260 g/mol. The normalized spacial score (nSPS) is 21.9. The molecular weight excluding hydrogens is 245 g/mol. The van der Waals surface area contributed by atoms with Crippen LogP contribution in [0, 0.1) is 5.92 Å². The van der Waals surface area contributed by atoms with Crippen LogP contribution in [-0.4, -0.2) is 24.2 Å². The Hall–Kier alpha value is -1.30. The van der Waals surface area contributed by atoms with E-state index in [0.717, 1.165) is 12.5 Å². The van der Waals surface area contributed by atoms with Crippen molar-refractivity contribution in [2.24, 2.45) is 5.92 Å². The van der Waals surface area contributed by atoms with Crippen molar-refractivity contribution in [2.75, 3.05) is 18.5 Å². The number of nitrogens with zero attached hydrogens (tertiary/aromatic N) is 1. The van der Waals surface area contributed by atoms with Gasteiger partial charge in [-0.2, -0.15) is 13.2 Å². The largest absolute Gasteiger partial charge is 0.419 e. The lowest BCUT2D eigenvalue weighted by Crippen LogP contribution is -2.28. The van der Waals surface area contributed by atoms with Crippen LogP contribution >= 0.6 is 0 Å². The van der Waals surface area contributed by atoms with Crippen LogP contribution in [0.25, 0.3) is 0 Å². The molecule has 2 atom stereocenters. The van der Waals surface area contributed by atoms with E-state index in [4.69, 9.17) is 4.74 Å². The smallest absolute Gasteiger partial charge is 0.381 e. The molecule has 0 spiro atoms. The molecule has 1 saturated heterocycles. The first-order chi connectivity index (χ1) is 8.48. The Morgan fingerprint density at radius 2 is 2.28 bits per heavy atom. The van der Waals surface area contributed by atoms with Crippen molar-refractivity contribution in [1.29, 1.82) is 0 Å². The van der Waals surface area contributed by atoms with Gasteiger partial charge in [-0.05, 0) is 25.5 Å². The Labute approximate surface area is 103 Å². The summed E-state index contributed by atoms with van der Waals surface area (Å²) in [7, 11) is 0. The summed E-state index contributed by atoms with van der Waals surface area (Å²) in [4.78, 5) is 3.78. The van der Waals surface area contributed by atoms with Gasteiger partial charge in [0.05, 0.1) is 12.2 Å². The number of pyridine rings is 1. The maximum atomic E-state index is 12.8. The Morgan fingerprint density at radius 3 is 2.89 bits per heavy atom. The molecule has 1 fully saturated rings. The number of hydrogen-bond acceptors (Lipinski definition) is 3. The fourth-order valence-electron chi connectivity index (χ4n) is 2.03. The zero-order valence-corrected chi connectivity index (χ0v) is 10.00. The Balaban J connectivity index is 2.13. The minimum atomic E-state index is -4.39. The Bertz CT molecular complexity index is 403. The number of aromatic nitrogens is 1. The average molecular weight is 260 g/mol. The maximum absolute atomic E-state index is 12.8. The SMILES string of the molecule is CC(Nc1ncccc1C(F)(F)F)C1CCOC1. The van der Waals surface area contributed by atoms with Crippen LogP contribution in [0.2, 0.25) is 0 Å². The second-order valence-electron chi connectivity index (χ2n) is 4.45. The van der Waals surface area contributed by atoms with E-state index < -0.39 is 11.7 Å². The van der Waals surface area contributed by atoms with Crippen LogP contribution in [0.15, 0.2) is 18.3 Å².